The van der Waals surface area contributed by atoms with Crippen LogP contribution in [0.4, 0.5) is 0 Å². The largest absolute Gasteiger partial charge is 0.379 e. The molecule has 0 aliphatic carbocycles. The monoisotopic (exact) mass is 476 g/mol. The fourth-order valence-electron chi connectivity index (χ4n) is 5.18. The van der Waals surface area contributed by atoms with E-state index in [0.29, 0.717) is 0 Å². The van der Waals surface area contributed by atoms with Crippen LogP contribution < -0.4 is 5.32 Å². The van der Waals surface area contributed by atoms with Gasteiger partial charge >= 0.3 is 0 Å². The van der Waals surface area contributed by atoms with Crippen LogP contribution in [0.15, 0.2) is 48.8 Å². The molecule has 7 nitrogen and oxygen atoms in total. The molecule has 0 saturated carbocycles. The van der Waals surface area contributed by atoms with Crippen LogP contribution >= 0.6 is 12.2 Å². The zero-order valence-electron chi connectivity index (χ0n) is 20.1. The van der Waals surface area contributed by atoms with Crippen LogP contribution in [0.5, 0.6) is 0 Å². The van der Waals surface area contributed by atoms with Crippen LogP contribution in [-0.4, -0.2) is 68.8 Å². The lowest BCUT2D eigenvalue weighted by molar-refractivity contribution is 0.0350. The summed E-state index contributed by atoms with van der Waals surface area (Å²) in [7, 11) is 0. The van der Waals surface area contributed by atoms with Gasteiger partial charge in [-0.05, 0) is 68.4 Å². The van der Waals surface area contributed by atoms with Gasteiger partial charge in [0, 0.05) is 50.0 Å². The molecule has 5 rings (SSSR count). The van der Waals surface area contributed by atoms with Crippen LogP contribution in [0.3, 0.4) is 0 Å². The molecule has 2 saturated heterocycles. The summed E-state index contributed by atoms with van der Waals surface area (Å²) >= 11 is 5.88. The third kappa shape index (κ3) is 4.33. The Kier molecular flexibility index (Phi) is 6.63. The number of ether oxygens (including phenoxy) is 1. The van der Waals surface area contributed by atoms with Crippen LogP contribution in [0.2, 0.25) is 0 Å². The van der Waals surface area contributed by atoms with Gasteiger partial charge in [0.25, 0.3) is 0 Å². The number of hydrogen-bond donors (Lipinski definition) is 1. The third-order valence-corrected chi connectivity index (χ3v) is 7.29. The Morgan fingerprint density at radius 3 is 2.56 bits per heavy atom. The van der Waals surface area contributed by atoms with Crippen molar-refractivity contribution in [3.05, 3.63) is 77.0 Å². The molecule has 3 aromatic heterocycles. The molecule has 178 valence electrons. The molecule has 2 atom stereocenters. The molecule has 2 aliphatic heterocycles. The van der Waals surface area contributed by atoms with Crippen molar-refractivity contribution in [2.24, 2.45) is 0 Å². The lowest BCUT2D eigenvalue weighted by Crippen LogP contribution is -2.42. The average Bonchev–Trinajstić information content (AvgIpc) is 3.34. The maximum absolute atomic E-state index is 5.88. The summed E-state index contributed by atoms with van der Waals surface area (Å²) in [4.78, 5) is 14.2. The van der Waals surface area contributed by atoms with Crippen molar-refractivity contribution < 1.29 is 4.74 Å². The van der Waals surface area contributed by atoms with Gasteiger partial charge in [0.05, 0.1) is 31.0 Å². The molecule has 0 spiro atoms. The van der Waals surface area contributed by atoms with Gasteiger partial charge in [0.15, 0.2) is 5.11 Å². The van der Waals surface area contributed by atoms with E-state index in [0.717, 1.165) is 61.6 Å². The van der Waals surface area contributed by atoms with Gasteiger partial charge in [0.2, 0.25) is 0 Å². The standard InChI is InChI=1S/C26H32N6OS/c1-18-7-6-10-28-25(18)32-19(2)17-21(20(32)3)24-23(22-8-4-5-9-27-22)29-26(34)31(24)12-11-30-13-15-33-16-14-30/h4-10,17,23-24H,11-16H2,1-3H3,(H,29,34)/t23-,24-/m0/s1. The number of nitrogens with one attached hydrogen (secondary N) is 1. The summed E-state index contributed by atoms with van der Waals surface area (Å²) in [5.74, 6) is 0.978. The van der Waals surface area contributed by atoms with Gasteiger partial charge < -0.3 is 19.5 Å². The predicted molar refractivity (Wildman–Crippen MR) is 137 cm³/mol. The average molecular weight is 477 g/mol. The topological polar surface area (TPSA) is 58.5 Å². The van der Waals surface area contributed by atoms with E-state index >= 15 is 0 Å². The van der Waals surface area contributed by atoms with E-state index in [1.54, 1.807) is 0 Å². The van der Waals surface area contributed by atoms with E-state index in [4.69, 9.17) is 26.9 Å². The molecule has 0 aromatic carbocycles. The Balaban J connectivity index is 1.53. The first kappa shape index (κ1) is 23.0. The van der Waals surface area contributed by atoms with Crippen molar-refractivity contribution in [1.82, 2.24) is 29.7 Å². The van der Waals surface area contributed by atoms with Crippen molar-refractivity contribution in [3.63, 3.8) is 0 Å². The predicted octanol–water partition coefficient (Wildman–Crippen LogP) is 3.50. The quantitative estimate of drug-likeness (QED) is 0.547. The molecule has 0 bridgehead atoms. The van der Waals surface area contributed by atoms with Gasteiger partial charge in [-0.15, -0.1) is 0 Å². The maximum atomic E-state index is 5.88. The number of aromatic nitrogens is 3. The molecule has 3 aromatic rings. The number of aryl methyl sites for hydroxylation is 2. The fourth-order valence-corrected chi connectivity index (χ4v) is 5.51. The molecule has 5 heterocycles. The number of pyridine rings is 2. The minimum absolute atomic E-state index is 0.0165. The van der Waals surface area contributed by atoms with Crippen LogP contribution in [0.1, 0.15) is 40.3 Å². The first-order valence-corrected chi connectivity index (χ1v) is 12.3. The molecule has 1 N–H and O–H groups in total. The highest BCUT2D eigenvalue weighted by atomic mass is 32.1. The fraction of sp³-hybridized carbons (Fsp3) is 0.423. The smallest absolute Gasteiger partial charge is 0.170 e. The van der Waals surface area contributed by atoms with Gasteiger partial charge in [-0.1, -0.05) is 12.1 Å². The Bertz CT molecular complexity index is 1160. The Morgan fingerprint density at radius 2 is 1.82 bits per heavy atom. The molecule has 2 fully saturated rings. The summed E-state index contributed by atoms with van der Waals surface area (Å²) in [5, 5.41) is 4.38. The lowest BCUT2D eigenvalue weighted by atomic mass is 9.96. The van der Waals surface area contributed by atoms with Crippen LogP contribution in [0, 0.1) is 20.8 Å². The second-order valence-electron chi connectivity index (χ2n) is 9.08. The van der Waals surface area contributed by atoms with E-state index in [2.05, 4.69) is 58.7 Å². The summed E-state index contributed by atoms with van der Waals surface area (Å²) in [5.41, 5.74) is 5.77. The van der Waals surface area contributed by atoms with Gasteiger partial charge in [-0.3, -0.25) is 9.88 Å². The van der Waals surface area contributed by atoms with Crippen LogP contribution in [0.25, 0.3) is 5.82 Å². The highest BCUT2D eigenvalue weighted by Crippen LogP contribution is 2.41. The molecule has 0 radical (unpaired) electrons. The lowest BCUT2D eigenvalue weighted by Gasteiger charge is -2.32. The third-order valence-electron chi connectivity index (χ3n) is 6.94. The zero-order chi connectivity index (χ0) is 23.7. The first-order chi connectivity index (χ1) is 16.5. The number of nitrogens with zero attached hydrogens (tertiary/aromatic N) is 5. The Labute approximate surface area is 206 Å². The summed E-state index contributed by atoms with van der Waals surface area (Å²) in [6.07, 6.45) is 3.71. The molecule has 0 amide bonds. The summed E-state index contributed by atoms with van der Waals surface area (Å²) in [6, 6.07) is 12.5. The van der Waals surface area contributed by atoms with Crippen molar-refractivity contribution in [2.45, 2.75) is 32.9 Å². The van der Waals surface area contributed by atoms with Crippen molar-refractivity contribution in [1.29, 1.82) is 0 Å². The van der Waals surface area contributed by atoms with Crippen molar-refractivity contribution in [2.75, 3.05) is 39.4 Å². The molecular formula is C26H32N6OS. The normalized spacial score (nSPS) is 21.1. The Morgan fingerprint density at radius 1 is 1.03 bits per heavy atom. The molecule has 2 aliphatic rings. The molecule has 8 heteroatoms. The molecule has 0 unspecified atom stereocenters. The van der Waals surface area contributed by atoms with E-state index in [1.807, 2.05) is 30.6 Å². The molecule has 34 heavy (non-hydrogen) atoms. The number of rotatable bonds is 6. The Hall–Kier alpha value is -2.81. The SMILES string of the molecule is Cc1cccnc1-n1c(C)cc([C@H]2[C@H](c3ccccn3)NC(=S)N2CCN2CCOCC2)c1C. The summed E-state index contributed by atoms with van der Waals surface area (Å²) < 4.78 is 7.80. The number of thiocarbonyl (C=S) groups is 1. The van der Waals surface area contributed by atoms with Crippen molar-refractivity contribution in [3.8, 4) is 5.82 Å². The maximum Gasteiger partial charge on any atom is 0.170 e. The second kappa shape index (κ2) is 9.82. The molecular weight excluding hydrogens is 444 g/mol. The summed E-state index contributed by atoms with van der Waals surface area (Å²) in [6.45, 7) is 11.8. The van der Waals surface area contributed by atoms with E-state index in [9.17, 15) is 0 Å². The van der Waals surface area contributed by atoms with Crippen LogP contribution in [-0.2, 0) is 4.74 Å². The van der Waals surface area contributed by atoms with E-state index < -0.39 is 0 Å². The van der Waals surface area contributed by atoms with E-state index in [1.165, 1.54) is 17.0 Å². The highest BCUT2D eigenvalue weighted by Gasteiger charge is 2.41. The van der Waals surface area contributed by atoms with Gasteiger partial charge in [-0.2, -0.15) is 0 Å². The highest BCUT2D eigenvalue weighted by molar-refractivity contribution is 7.80. The van der Waals surface area contributed by atoms with Gasteiger partial charge in [-0.25, -0.2) is 4.98 Å². The van der Waals surface area contributed by atoms with E-state index in [-0.39, 0.29) is 12.1 Å². The number of morpholine rings is 1. The minimum atomic E-state index is -0.0165. The van der Waals surface area contributed by atoms with Crippen molar-refractivity contribution >= 4 is 17.3 Å². The minimum Gasteiger partial charge on any atom is -0.379 e. The second-order valence-corrected chi connectivity index (χ2v) is 9.47. The first-order valence-electron chi connectivity index (χ1n) is 11.9. The number of hydrogen-bond acceptors (Lipinski definition) is 5. The zero-order valence-corrected chi connectivity index (χ0v) is 20.9. The van der Waals surface area contributed by atoms with Gasteiger partial charge in [0.1, 0.15) is 5.82 Å².